The number of aryl methyl sites for hydroxylation is 1. The average Bonchev–Trinajstić information content (AvgIpc) is 2.93. The molecular weight excluding hydrogens is 354 g/mol. The molecule has 3 rings (SSSR count). The SMILES string of the molecule is CCc1ccc(N2C(=O)CC(NNC(=O)c3ccccc3Cl)C2=O)cc1. The number of amides is 3. The molecule has 0 aliphatic carbocycles. The zero-order chi connectivity index (χ0) is 18.7. The third kappa shape index (κ3) is 3.61. The van der Waals surface area contributed by atoms with Crippen LogP contribution in [0, 0.1) is 0 Å². The number of hydrogen-bond donors (Lipinski definition) is 2. The van der Waals surface area contributed by atoms with Crippen LogP contribution in [0.1, 0.15) is 29.3 Å². The fourth-order valence-corrected chi connectivity index (χ4v) is 2.98. The first-order valence-electron chi connectivity index (χ1n) is 8.27. The molecule has 0 bridgehead atoms. The molecule has 7 heteroatoms. The minimum atomic E-state index is -0.820. The molecule has 3 amide bonds. The number of hydrazine groups is 1. The summed E-state index contributed by atoms with van der Waals surface area (Å²) in [4.78, 5) is 38.1. The van der Waals surface area contributed by atoms with Crippen LogP contribution >= 0.6 is 11.6 Å². The van der Waals surface area contributed by atoms with Crippen LogP contribution in [0.25, 0.3) is 0 Å². The van der Waals surface area contributed by atoms with Gasteiger partial charge >= 0.3 is 0 Å². The van der Waals surface area contributed by atoms with E-state index in [0.29, 0.717) is 10.7 Å². The maximum absolute atomic E-state index is 12.6. The highest BCUT2D eigenvalue weighted by Crippen LogP contribution is 2.23. The van der Waals surface area contributed by atoms with Crippen LogP contribution in [-0.2, 0) is 16.0 Å². The molecule has 2 aromatic rings. The number of imide groups is 1. The van der Waals surface area contributed by atoms with Crippen LogP contribution in [-0.4, -0.2) is 23.8 Å². The Kier molecular flexibility index (Phi) is 5.35. The molecule has 0 spiro atoms. The highest BCUT2D eigenvalue weighted by Gasteiger charge is 2.39. The molecule has 2 aromatic carbocycles. The van der Waals surface area contributed by atoms with Gasteiger partial charge in [-0.3, -0.25) is 19.8 Å². The fourth-order valence-electron chi connectivity index (χ4n) is 2.76. The Balaban J connectivity index is 1.67. The van der Waals surface area contributed by atoms with E-state index in [2.05, 4.69) is 10.9 Å². The number of anilines is 1. The fraction of sp³-hybridized carbons (Fsp3) is 0.211. The van der Waals surface area contributed by atoms with Gasteiger partial charge in [0.1, 0.15) is 6.04 Å². The second-order valence-corrected chi connectivity index (χ2v) is 6.33. The number of benzene rings is 2. The van der Waals surface area contributed by atoms with Crippen molar-refractivity contribution in [3.05, 3.63) is 64.7 Å². The van der Waals surface area contributed by atoms with Gasteiger partial charge in [-0.15, -0.1) is 0 Å². The number of nitrogens with one attached hydrogen (secondary N) is 2. The molecule has 6 nitrogen and oxygen atoms in total. The Morgan fingerprint density at radius 2 is 1.85 bits per heavy atom. The highest BCUT2D eigenvalue weighted by molar-refractivity contribution is 6.33. The zero-order valence-corrected chi connectivity index (χ0v) is 14.9. The predicted octanol–water partition coefficient (Wildman–Crippen LogP) is 2.47. The normalized spacial score (nSPS) is 16.8. The first kappa shape index (κ1) is 18.1. The number of rotatable bonds is 5. The Labute approximate surface area is 156 Å². The highest BCUT2D eigenvalue weighted by atomic mass is 35.5. The third-order valence-electron chi connectivity index (χ3n) is 4.23. The van der Waals surface area contributed by atoms with Crippen molar-refractivity contribution < 1.29 is 14.4 Å². The van der Waals surface area contributed by atoms with Gasteiger partial charge in [-0.05, 0) is 36.2 Å². The van der Waals surface area contributed by atoms with Crippen LogP contribution in [0.15, 0.2) is 48.5 Å². The molecule has 1 saturated heterocycles. The molecule has 0 saturated carbocycles. The smallest absolute Gasteiger partial charge is 0.266 e. The lowest BCUT2D eigenvalue weighted by molar-refractivity contribution is -0.121. The minimum absolute atomic E-state index is 0.0306. The second-order valence-electron chi connectivity index (χ2n) is 5.92. The summed E-state index contributed by atoms with van der Waals surface area (Å²) >= 11 is 5.98. The van der Waals surface area contributed by atoms with Crippen LogP contribution in [0.4, 0.5) is 5.69 Å². The van der Waals surface area contributed by atoms with Crippen LogP contribution in [0.2, 0.25) is 5.02 Å². The molecule has 2 N–H and O–H groups in total. The maximum Gasteiger partial charge on any atom is 0.266 e. The molecule has 26 heavy (non-hydrogen) atoms. The van der Waals surface area contributed by atoms with Crippen LogP contribution in [0.5, 0.6) is 0 Å². The van der Waals surface area contributed by atoms with Crippen molar-refractivity contribution in [2.75, 3.05) is 4.90 Å². The minimum Gasteiger partial charge on any atom is -0.287 e. The lowest BCUT2D eigenvalue weighted by atomic mass is 10.1. The van der Waals surface area contributed by atoms with Crippen molar-refractivity contribution in [3.63, 3.8) is 0 Å². The van der Waals surface area contributed by atoms with E-state index >= 15 is 0 Å². The Bertz CT molecular complexity index is 851. The molecule has 1 unspecified atom stereocenters. The summed E-state index contributed by atoms with van der Waals surface area (Å²) in [6.45, 7) is 2.03. The van der Waals surface area contributed by atoms with Gasteiger partial charge in [0.25, 0.3) is 11.8 Å². The largest absolute Gasteiger partial charge is 0.287 e. The topological polar surface area (TPSA) is 78.5 Å². The van der Waals surface area contributed by atoms with Crippen molar-refractivity contribution in [2.24, 2.45) is 0 Å². The van der Waals surface area contributed by atoms with E-state index < -0.39 is 17.9 Å². The molecule has 0 radical (unpaired) electrons. The molecule has 1 aliphatic heterocycles. The van der Waals surface area contributed by atoms with Gasteiger partial charge in [0, 0.05) is 0 Å². The maximum atomic E-state index is 12.6. The summed E-state index contributed by atoms with van der Waals surface area (Å²) in [7, 11) is 0. The monoisotopic (exact) mass is 371 g/mol. The number of carbonyl (C=O) groups is 3. The van der Waals surface area contributed by atoms with Crippen molar-refractivity contribution in [3.8, 4) is 0 Å². The van der Waals surface area contributed by atoms with E-state index in [4.69, 9.17) is 11.6 Å². The lowest BCUT2D eigenvalue weighted by Gasteiger charge is -2.16. The van der Waals surface area contributed by atoms with E-state index in [1.54, 1.807) is 36.4 Å². The van der Waals surface area contributed by atoms with Crippen molar-refractivity contribution in [1.29, 1.82) is 0 Å². The number of hydrogen-bond acceptors (Lipinski definition) is 4. The van der Waals surface area contributed by atoms with Gasteiger partial charge in [0.15, 0.2) is 0 Å². The van der Waals surface area contributed by atoms with Gasteiger partial charge in [0.05, 0.1) is 22.7 Å². The summed E-state index contributed by atoms with van der Waals surface area (Å²) in [6, 6.07) is 13.0. The summed E-state index contributed by atoms with van der Waals surface area (Å²) < 4.78 is 0. The lowest BCUT2D eigenvalue weighted by Crippen LogP contribution is -2.48. The summed E-state index contributed by atoms with van der Waals surface area (Å²) in [6.07, 6.45) is 0.845. The Morgan fingerprint density at radius 3 is 2.50 bits per heavy atom. The van der Waals surface area contributed by atoms with Gasteiger partial charge in [-0.2, -0.15) is 0 Å². The van der Waals surface area contributed by atoms with E-state index in [1.807, 2.05) is 19.1 Å². The van der Waals surface area contributed by atoms with Crippen LogP contribution in [0.3, 0.4) is 0 Å². The number of nitrogens with zero attached hydrogens (tertiary/aromatic N) is 1. The molecule has 134 valence electrons. The molecule has 0 aromatic heterocycles. The van der Waals surface area contributed by atoms with Crippen molar-refractivity contribution in [2.45, 2.75) is 25.8 Å². The summed E-state index contributed by atoms with van der Waals surface area (Å²) in [5.41, 5.74) is 7.02. The van der Waals surface area contributed by atoms with Gasteiger partial charge in [-0.1, -0.05) is 42.8 Å². The number of halogens is 1. The molecule has 1 atom stereocenters. The van der Waals surface area contributed by atoms with E-state index in [0.717, 1.165) is 16.9 Å². The quantitative estimate of drug-likeness (QED) is 0.625. The van der Waals surface area contributed by atoms with Gasteiger partial charge < -0.3 is 0 Å². The third-order valence-corrected chi connectivity index (χ3v) is 4.56. The Hall–Kier alpha value is -2.70. The molecule has 1 aliphatic rings. The average molecular weight is 372 g/mol. The van der Waals surface area contributed by atoms with Crippen LogP contribution < -0.4 is 15.8 Å². The molecule has 1 heterocycles. The summed E-state index contributed by atoms with van der Waals surface area (Å²) in [5, 5.41) is 0.304. The first-order valence-corrected chi connectivity index (χ1v) is 8.65. The number of carbonyl (C=O) groups excluding carboxylic acids is 3. The first-order chi connectivity index (χ1) is 12.5. The van der Waals surface area contributed by atoms with Gasteiger partial charge in [0.2, 0.25) is 5.91 Å². The molecule has 1 fully saturated rings. The zero-order valence-electron chi connectivity index (χ0n) is 14.2. The summed E-state index contributed by atoms with van der Waals surface area (Å²) in [5.74, 6) is -1.19. The Morgan fingerprint density at radius 1 is 1.15 bits per heavy atom. The second kappa shape index (κ2) is 7.68. The van der Waals surface area contributed by atoms with Crippen molar-refractivity contribution in [1.82, 2.24) is 10.9 Å². The standard InChI is InChI=1S/C19H18ClN3O3/c1-2-12-7-9-13(10-8-12)23-17(24)11-16(19(23)26)21-22-18(25)14-5-3-4-6-15(14)20/h3-10,16,21H,2,11H2,1H3,(H,22,25). The molecular formula is C19H18ClN3O3. The van der Waals surface area contributed by atoms with E-state index in [-0.39, 0.29) is 17.9 Å². The van der Waals surface area contributed by atoms with E-state index in [9.17, 15) is 14.4 Å². The van der Waals surface area contributed by atoms with Crippen molar-refractivity contribution >= 4 is 35.0 Å². The van der Waals surface area contributed by atoms with E-state index in [1.165, 1.54) is 0 Å². The van der Waals surface area contributed by atoms with Gasteiger partial charge in [-0.25, -0.2) is 10.3 Å². The predicted molar refractivity (Wildman–Crippen MR) is 98.8 cm³/mol.